The highest BCUT2D eigenvalue weighted by atomic mass is 79.9. The van der Waals surface area contributed by atoms with E-state index in [9.17, 15) is 34.7 Å². The monoisotopic (exact) mass is 492 g/mol. The van der Waals surface area contributed by atoms with Crippen molar-refractivity contribution >= 4 is 60.3 Å². The zero-order valence-corrected chi connectivity index (χ0v) is 15.9. The predicted molar refractivity (Wildman–Crippen MR) is 96.3 cm³/mol. The summed E-state index contributed by atoms with van der Waals surface area (Å²) >= 11 is 6.19. The SMILES string of the molecule is CN(c1c(Br)cc(F)cc1Br)c1c([N+](=O)[O-])cc([N+](=O)[O-])cc1[N+](=O)[O-]. The Morgan fingerprint density at radius 3 is 1.62 bits per heavy atom. The second-order valence-electron chi connectivity index (χ2n) is 4.88. The summed E-state index contributed by atoms with van der Waals surface area (Å²) in [6, 6.07) is 3.40. The first kappa shape index (κ1) is 19.7. The van der Waals surface area contributed by atoms with E-state index in [2.05, 4.69) is 31.9 Å². The number of nitro benzene ring substituents is 3. The van der Waals surface area contributed by atoms with Crippen LogP contribution in [0.4, 0.5) is 32.8 Å². The Bertz CT molecular complexity index is 896. The standard InChI is InChI=1S/C13H7Br2FN4O6/c1-17(12-8(14)2-6(16)3-9(12)15)13-10(19(23)24)4-7(18(21)22)5-11(13)20(25)26/h2-5H,1H3. The Labute approximate surface area is 160 Å². The molecule has 0 N–H and O–H groups in total. The second kappa shape index (κ2) is 7.29. The molecule has 2 aromatic carbocycles. The minimum Gasteiger partial charge on any atom is -0.331 e. The van der Waals surface area contributed by atoms with E-state index in [4.69, 9.17) is 0 Å². The number of non-ortho nitro benzene ring substituents is 1. The van der Waals surface area contributed by atoms with E-state index in [1.165, 1.54) is 7.05 Å². The van der Waals surface area contributed by atoms with Gasteiger partial charge in [-0.2, -0.15) is 0 Å². The molecule has 0 saturated heterocycles. The lowest BCUT2D eigenvalue weighted by Crippen LogP contribution is -2.15. The normalized spacial score (nSPS) is 10.5. The van der Waals surface area contributed by atoms with Gasteiger partial charge in [0.05, 0.1) is 32.6 Å². The van der Waals surface area contributed by atoms with Gasteiger partial charge in [-0.25, -0.2) is 4.39 Å². The number of rotatable bonds is 5. The predicted octanol–water partition coefficient (Wildman–Crippen LogP) is 4.84. The molecule has 0 radical (unpaired) electrons. The minimum atomic E-state index is -0.965. The fourth-order valence-electron chi connectivity index (χ4n) is 2.28. The summed E-state index contributed by atoms with van der Waals surface area (Å²) in [7, 11) is 1.28. The summed E-state index contributed by atoms with van der Waals surface area (Å²) < 4.78 is 13.8. The van der Waals surface area contributed by atoms with Crippen LogP contribution in [0.1, 0.15) is 0 Å². The van der Waals surface area contributed by atoms with Gasteiger partial charge in [-0.3, -0.25) is 30.3 Å². The van der Waals surface area contributed by atoms with E-state index in [1.807, 2.05) is 0 Å². The number of hydrogen-bond donors (Lipinski definition) is 0. The minimum absolute atomic E-state index is 0.159. The van der Waals surface area contributed by atoms with Crippen LogP contribution >= 0.6 is 31.9 Å². The molecule has 0 fully saturated rings. The van der Waals surface area contributed by atoms with E-state index in [0.29, 0.717) is 12.1 Å². The maximum atomic E-state index is 13.5. The molecule has 0 heterocycles. The molecule has 26 heavy (non-hydrogen) atoms. The fourth-order valence-corrected chi connectivity index (χ4v) is 3.95. The number of nitrogens with zero attached hydrogens (tertiary/aromatic N) is 4. The summed E-state index contributed by atoms with van der Waals surface area (Å²) in [5.74, 6) is -0.617. The van der Waals surface area contributed by atoms with Gasteiger partial charge in [0.1, 0.15) is 5.82 Å². The highest BCUT2D eigenvalue weighted by Gasteiger charge is 2.34. The summed E-state index contributed by atoms with van der Waals surface area (Å²) in [5, 5.41) is 33.7. The van der Waals surface area contributed by atoms with Crippen LogP contribution in [0.15, 0.2) is 33.2 Å². The van der Waals surface area contributed by atoms with Gasteiger partial charge in [-0.15, -0.1) is 0 Å². The lowest BCUT2D eigenvalue weighted by molar-refractivity contribution is -0.402. The van der Waals surface area contributed by atoms with Crippen LogP contribution in [-0.2, 0) is 0 Å². The Morgan fingerprint density at radius 2 is 1.27 bits per heavy atom. The Kier molecular flexibility index (Phi) is 5.51. The first-order chi connectivity index (χ1) is 12.0. The maximum Gasteiger partial charge on any atom is 0.306 e. The molecule has 0 aliphatic rings. The van der Waals surface area contributed by atoms with E-state index in [-0.39, 0.29) is 14.6 Å². The van der Waals surface area contributed by atoms with Crippen LogP contribution in [0.25, 0.3) is 0 Å². The van der Waals surface area contributed by atoms with E-state index >= 15 is 0 Å². The largest absolute Gasteiger partial charge is 0.331 e. The Hall–Kier alpha value is -2.67. The van der Waals surface area contributed by atoms with Gasteiger partial charge >= 0.3 is 11.4 Å². The van der Waals surface area contributed by atoms with E-state index in [1.54, 1.807) is 0 Å². The third-order valence-electron chi connectivity index (χ3n) is 3.31. The van der Waals surface area contributed by atoms with Gasteiger partial charge in [0.25, 0.3) is 5.69 Å². The van der Waals surface area contributed by atoms with E-state index < -0.39 is 43.3 Å². The molecule has 0 amide bonds. The third kappa shape index (κ3) is 3.62. The molecule has 0 aliphatic heterocycles. The number of nitro groups is 3. The Balaban J connectivity index is 2.85. The van der Waals surface area contributed by atoms with Crippen molar-refractivity contribution in [3.05, 3.63) is 69.4 Å². The first-order valence-electron chi connectivity index (χ1n) is 6.54. The topological polar surface area (TPSA) is 133 Å². The molecule has 2 aromatic rings. The molecule has 0 aliphatic carbocycles. The highest BCUT2D eigenvalue weighted by molar-refractivity contribution is 9.11. The molecule has 0 aromatic heterocycles. The third-order valence-corrected chi connectivity index (χ3v) is 4.52. The van der Waals surface area contributed by atoms with E-state index in [0.717, 1.165) is 17.0 Å². The van der Waals surface area contributed by atoms with Crippen LogP contribution < -0.4 is 4.90 Å². The van der Waals surface area contributed by atoms with Crippen LogP contribution in [0.5, 0.6) is 0 Å². The molecule has 10 nitrogen and oxygen atoms in total. The number of anilines is 2. The van der Waals surface area contributed by atoms with Gasteiger partial charge < -0.3 is 4.90 Å². The van der Waals surface area contributed by atoms with Gasteiger partial charge in [0.15, 0.2) is 5.69 Å². The zero-order chi connectivity index (χ0) is 19.8. The van der Waals surface area contributed by atoms with Crippen molar-refractivity contribution in [2.24, 2.45) is 0 Å². The van der Waals surface area contributed by atoms with Gasteiger partial charge in [0.2, 0.25) is 0 Å². The average molecular weight is 494 g/mol. The second-order valence-corrected chi connectivity index (χ2v) is 6.59. The van der Waals surface area contributed by atoms with Crippen LogP contribution in [0.2, 0.25) is 0 Å². The lowest BCUT2D eigenvalue weighted by Gasteiger charge is -2.22. The highest BCUT2D eigenvalue weighted by Crippen LogP contribution is 2.46. The van der Waals surface area contributed by atoms with Crippen molar-refractivity contribution in [3.63, 3.8) is 0 Å². The van der Waals surface area contributed by atoms with Crippen LogP contribution in [0.3, 0.4) is 0 Å². The molecule has 0 unspecified atom stereocenters. The van der Waals surface area contributed by atoms with Crippen molar-refractivity contribution in [3.8, 4) is 0 Å². The van der Waals surface area contributed by atoms with Crippen molar-refractivity contribution in [2.75, 3.05) is 11.9 Å². The number of hydrogen-bond acceptors (Lipinski definition) is 7. The molecule has 0 saturated carbocycles. The summed E-state index contributed by atoms with van der Waals surface area (Å²) in [6.07, 6.45) is 0. The zero-order valence-electron chi connectivity index (χ0n) is 12.7. The van der Waals surface area contributed by atoms with Gasteiger partial charge in [-0.05, 0) is 44.0 Å². The van der Waals surface area contributed by atoms with Crippen molar-refractivity contribution in [1.82, 2.24) is 0 Å². The molecular weight excluding hydrogens is 487 g/mol. The smallest absolute Gasteiger partial charge is 0.306 e. The summed E-state index contributed by atoms with van der Waals surface area (Å²) in [6.45, 7) is 0. The summed E-state index contributed by atoms with van der Waals surface area (Å²) in [4.78, 5) is 31.9. The summed E-state index contributed by atoms with van der Waals surface area (Å²) in [5.41, 5.74) is -2.80. The average Bonchev–Trinajstić information content (AvgIpc) is 2.52. The first-order valence-corrected chi connectivity index (χ1v) is 8.12. The molecule has 0 spiro atoms. The number of halogens is 3. The fraction of sp³-hybridized carbons (Fsp3) is 0.0769. The quantitative estimate of drug-likeness (QED) is 0.429. The molecule has 136 valence electrons. The molecule has 0 atom stereocenters. The van der Waals surface area contributed by atoms with Crippen LogP contribution in [-0.4, -0.2) is 21.8 Å². The molecular formula is C13H7Br2FN4O6. The Morgan fingerprint density at radius 1 is 0.846 bits per heavy atom. The van der Waals surface area contributed by atoms with Gasteiger partial charge in [0, 0.05) is 16.0 Å². The molecule has 13 heteroatoms. The molecule has 0 bridgehead atoms. The van der Waals surface area contributed by atoms with Gasteiger partial charge in [-0.1, -0.05) is 0 Å². The number of benzene rings is 2. The maximum absolute atomic E-state index is 13.5. The molecule has 2 rings (SSSR count). The van der Waals surface area contributed by atoms with Crippen molar-refractivity contribution < 1.29 is 19.2 Å². The lowest BCUT2D eigenvalue weighted by atomic mass is 10.1. The van der Waals surface area contributed by atoms with Crippen molar-refractivity contribution in [2.45, 2.75) is 0 Å². The van der Waals surface area contributed by atoms with Crippen molar-refractivity contribution in [1.29, 1.82) is 0 Å². The van der Waals surface area contributed by atoms with Crippen LogP contribution in [0, 0.1) is 36.2 Å².